The zero-order valence-electron chi connectivity index (χ0n) is 14.7. The Bertz CT molecular complexity index is 951. The minimum Gasteiger partial charge on any atom is -0.325 e. The Morgan fingerprint density at radius 2 is 1.93 bits per heavy atom. The summed E-state index contributed by atoms with van der Waals surface area (Å²) in [5, 5.41) is 11.5. The third kappa shape index (κ3) is 5.28. The lowest BCUT2D eigenvalue weighted by atomic mass is 10.0. The highest BCUT2D eigenvalue weighted by Crippen LogP contribution is 2.37. The van der Waals surface area contributed by atoms with Crippen LogP contribution >= 0.6 is 11.6 Å². The summed E-state index contributed by atoms with van der Waals surface area (Å²) in [5.41, 5.74) is 0.886. The zero-order valence-corrected chi connectivity index (χ0v) is 15.4. The van der Waals surface area contributed by atoms with Crippen molar-refractivity contribution in [2.75, 3.05) is 5.32 Å². The summed E-state index contributed by atoms with van der Waals surface area (Å²) in [6.07, 6.45) is 8.97. The van der Waals surface area contributed by atoms with E-state index in [1.165, 1.54) is 6.07 Å². The predicted molar refractivity (Wildman–Crippen MR) is 105 cm³/mol. The van der Waals surface area contributed by atoms with Crippen molar-refractivity contribution in [1.29, 1.82) is 0 Å². The summed E-state index contributed by atoms with van der Waals surface area (Å²) in [6.45, 7) is 0.396. The number of pyridine rings is 1. The first-order valence-electron chi connectivity index (χ1n) is 8.62. The van der Waals surface area contributed by atoms with Crippen LogP contribution in [-0.4, -0.2) is 16.1 Å². The molecule has 27 heavy (non-hydrogen) atoms. The molecule has 0 saturated carbocycles. The van der Waals surface area contributed by atoms with E-state index in [1.807, 2.05) is 12.1 Å². The second-order valence-corrected chi connectivity index (χ2v) is 6.88. The Balaban J connectivity index is 1.59. The third-order valence-electron chi connectivity index (χ3n) is 4.34. The molecule has 1 aromatic heterocycles. The lowest BCUT2D eigenvalue weighted by Crippen LogP contribution is -2.22. The van der Waals surface area contributed by atoms with E-state index in [9.17, 15) is 9.59 Å². The summed E-state index contributed by atoms with van der Waals surface area (Å²) >= 11 is 5.88. The van der Waals surface area contributed by atoms with Gasteiger partial charge in [0.2, 0.25) is 5.91 Å². The van der Waals surface area contributed by atoms with Crippen LogP contribution < -0.4 is 10.9 Å². The van der Waals surface area contributed by atoms with Gasteiger partial charge in [0.25, 0.3) is 5.56 Å². The van der Waals surface area contributed by atoms with Crippen LogP contribution in [0, 0.1) is 12.3 Å². The zero-order chi connectivity index (χ0) is 19.3. The number of nitrogens with zero attached hydrogens (tertiary/aromatic N) is 3. The quantitative estimate of drug-likeness (QED) is 0.704. The summed E-state index contributed by atoms with van der Waals surface area (Å²) in [5.74, 6) is 2.42. The number of rotatable bonds is 8. The van der Waals surface area contributed by atoms with Crippen molar-refractivity contribution in [2.24, 2.45) is 10.2 Å². The molecule has 0 unspecified atom stereocenters. The van der Waals surface area contributed by atoms with Crippen LogP contribution in [0.5, 0.6) is 0 Å². The molecule has 7 heteroatoms. The van der Waals surface area contributed by atoms with E-state index in [0.717, 1.165) is 5.56 Å². The molecule has 138 valence electrons. The molecule has 0 radical (unpaired) electrons. The van der Waals surface area contributed by atoms with Gasteiger partial charge in [0.05, 0.1) is 12.2 Å². The minimum absolute atomic E-state index is 0.147. The fourth-order valence-electron chi connectivity index (χ4n) is 2.72. The van der Waals surface area contributed by atoms with Crippen molar-refractivity contribution < 1.29 is 4.79 Å². The first-order valence-corrected chi connectivity index (χ1v) is 9.00. The molecule has 2 aromatic rings. The fourth-order valence-corrected chi connectivity index (χ4v) is 2.85. The van der Waals surface area contributed by atoms with Crippen molar-refractivity contribution in [3.05, 3.63) is 63.5 Å². The van der Waals surface area contributed by atoms with Gasteiger partial charge in [-0.1, -0.05) is 23.7 Å². The first kappa shape index (κ1) is 18.9. The maximum absolute atomic E-state index is 12.2. The average molecular weight is 383 g/mol. The average Bonchev–Trinajstić information content (AvgIpc) is 3.43. The van der Waals surface area contributed by atoms with Gasteiger partial charge in [0, 0.05) is 43.0 Å². The molecule has 2 heterocycles. The molecular weight excluding hydrogens is 364 g/mol. The van der Waals surface area contributed by atoms with Crippen LogP contribution in [-0.2, 0) is 11.3 Å². The van der Waals surface area contributed by atoms with Gasteiger partial charge in [-0.3, -0.25) is 9.59 Å². The highest BCUT2D eigenvalue weighted by Gasteiger charge is 2.39. The molecule has 0 bridgehead atoms. The molecular formula is C20H19ClN4O2. The minimum atomic E-state index is -0.475. The smallest absolute Gasteiger partial charge is 0.250 e. The number of carbonyl (C=O) groups is 1. The van der Waals surface area contributed by atoms with Crippen molar-refractivity contribution in [3.63, 3.8) is 0 Å². The third-order valence-corrected chi connectivity index (χ3v) is 4.59. The molecule has 0 saturated heterocycles. The molecule has 1 aromatic carbocycles. The van der Waals surface area contributed by atoms with Gasteiger partial charge >= 0.3 is 0 Å². The number of anilines is 1. The van der Waals surface area contributed by atoms with E-state index in [1.54, 1.807) is 29.0 Å². The van der Waals surface area contributed by atoms with Crippen LogP contribution in [0.25, 0.3) is 0 Å². The Labute approximate surface area is 162 Å². The Kier molecular flexibility index (Phi) is 5.72. The van der Waals surface area contributed by atoms with Gasteiger partial charge < -0.3 is 9.88 Å². The lowest BCUT2D eigenvalue weighted by molar-refractivity contribution is -0.116. The second-order valence-electron chi connectivity index (χ2n) is 6.45. The van der Waals surface area contributed by atoms with Crippen LogP contribution in [0.4, 0.5) is 5.69 Å². The number of terminal acetylenes is 1. The number of hydrogen-bond donors (Lipinski definition) is 1. The fraction of sp³-hybridized carbons (Fsp3) is 0.300. The van der Waals surface area contributed by atoms with Crippen LogP contribution in [0.1, 0.15) is 31.2 Å². The van der Waals surface area contributed by atoms with E-state index in [2.05, 4.69) is 21.5 Å². The van der Waals surface area contributed by atoms with Gasteiger partial charge in [-0.15, -0.1) is 12.3 Å². The summed E-state index contributed by atoms with van der Waals surface area (Å²) in [7, 11) is 0. The number of halogens is 1. The van der Waals surface area contributed by atoms with Gasteiger partial charge in [0.15, 0.2) is 5.66 Å². The van der Waals surface area contributed by atoms with Gasteiger partial charge in [-0.25, -0.2) is 0 Å². The molecule has 6 nitrogen and oxygen atoms in total. The largest absolute Gasteiger partial charge is 0.325 e. The Morgan fingerprint density at radius 1 is 1.19 bits per heavy atom. The molecule has 0 spiro atoms. The molecule has 3 rings (SSSR count). The Hall–Kier alpha value is -2.91. The van der Waals surface area contributed by atoms with Crippen molar-refractivity contribution >= 4 is 23.2 Å². The molecule has 0 atom stereocenters. The normalized spacial score (nSPS) is 13.8. The number of benzene rings is 1. The van der Waals surface area contributed by atoms with Crippen LogP contribution in [0.2, 0.25) is 5.02 Å². The molecule has 1 aliphatic rings. The summed E-state index contributed by atoms with van der Waals surface area (Å²) < 4.78 is 1.54. The monoisotopic (exact) mass is 382 g/mol. The van der Waals surface area contributed by atoms with Crippen LogP contribution in [0.15, 0.2) is 57.6 Å². The molecule has 1 aliphatic heterocycles. The highest BCUT2D eigenvalue weighted by molar-refractivity contribution is 6.30. The van der Waals surface area contributed by atoms with Crippen molar-refractivity contribution in [3.8, 4) is 12.3 Å². The number of nitrogens with one attached hydrogen (secondary N) is 1. The summed E-state index contributed by atoms with van der Waals surface area (Å²) in [6, 6.07) is 10.3. The number of aromatic nitrogens is 1. The standard InChI is InChI=1S/C20H19ClN4O2/c1-2-3-11-20(23-24-20)12-10-18(26)22-17-8-9-19(27)25(14-17)13-15-4-6-16(21)7-5-15/h1,4-9,14H,3,10-13H2,(H,22,26). The number of hydrogen-bond acceptors (Lipinski definition) is 4. The van der Waals surface area contributed by atoms with Crippen molar-refractivity contribution in [1.82, 2.24) is 4.57 Å². The highest BCUT2D eigenvalue weighted by atomic mass is 35.5. The van der Waals surface area contributed by atoms with E-state index in [-0.39, 0.29) is 17.9 Å². The van der Waals surface area contributed by atoms with Gasteiger partial charge in [-0.2, -0.15) is 10.2 Å². The second kappa shape index (κ2) is 8.19. The van der Waals surface area contributed by atoms with E-state index in [4.69, 9.17) is 18.0 Å². The maximum Gasteiger partial charge on any atom is 0.250 e. The van der Waals surface area contributed by atoms with Gasteiger partial charge in [0.1, 0.15) is 0 Å². The molecule has 1 amide bonds. The van der Waals surface area contributed by atoms with Crippen LogP contribution in [0.3, 0.4) is 0 Å². The lowest BCUT2D eigenvalue weighted by Gasteiger charge is -2.11. The number of carbonyl (C=O) groups excluding carboxylic acids is 1. The number of amides is 1. The topological polar surface area (TPSA) is 75.8 Å². The van der Waals surface area contributed by atoms with E-state index >= 15 is 0 Å². The molecule has 0 aliphatic carbocycles. The maximum atomic E-state index is 12.2. The Morgan fingerprint density at radius 3 is 2.59 bits per heavy atom. The summed E-state index contributed by atoms with van der Waals surface area (Å²) in [4.78, 5) is 24.3. The van der Waals surface area contributed by atoms with E-state index < -0.39 is 5.66 Å². The molecule has 0 fully saturated rings. The van der Waals surface area contributed by atoms with Gasteiger partial charge in [-0.05, 0) is 23.8 Å². The first-order chi connectivity index (χ1) is 13.0. The molecule has 1 N–H and O–H groups in total. The van der Waals surface area contributed by atoms with E-state index in [0.29, 0.717) is 36.5 Å². The van der Waals surface area contributed by atoms with Crippen molar-refractivity contribution in [2.45, 2.75) is 37.9 Å². The predicted octanol–water partition coefficient (Wildman–Crippen LogP) is 3.84. The SMILES string of the molecule is C#CCCC1(CCC(=O)Nc2ccc(=O)n(Cc3ccc(Cl)cc3)c2)N=N1.